The Morgan fingerprint density at radius 2 is 1.92 bits per heavy atom. The van der Waals surface area contributed by atoms with E-state index in [1.165, 1.54) is 0 Å². The van der Waals surface area contributed by atoms with Crippen molar-refractivity contribution in [2.24, 2.45) is 0 Å². The van der Waals surface area contributed by atoms with E-state index in [4.69, 9.17) is 0 Å². The monoisotopic (exact) mass is 177 g/mol. The van der Waals surface area contributed by atoms with Gasteiger partial charge in [-0.3, -0.25) is 5.32 Å². The minimum absolute atomic E-state index is 0.465. The second-order valence-electron chi connectivity index (χ2n) is 2.88. The molecule has 0 aromatic carbocycles. The summed E-state index contributed by atoms with van der Waals surface area (Å²) in [5.41, 5.74) is 1.11. The first kappa shape index (κ1) is 9.96. The first-order valence-electron chi connectivity index (χ1n) is 4.39. The van der Waals surface area contributed by atoms with Crippen LogP contribution in [0.2, 0.25) is 0 Å². The predicted octanol–water partition coefficient (Wildman–Crippen LogP) is 1.52. The van der Waals surface area contributed by atoms with Crippen molar-refractivity contribution >= 4 is 0 Å². The van der Waals surface area contributed by atoms with Crippen LogP contribution in [0.25, 0.3) is 0 Å². The normalized spacial score (nSPS) is 22.8. The van der Waals surface area contributed by atoms with Gasteiger partial charge in [-0.25, -0.2) is 0 Å². The quantitative estimate of drug-likeness (QED) is 0.641. The van der Waals surface area contributed by atoms with E-state index in [9.17, 15) is 5.11 Å². The summed E-state index contributed by atoms with van der Waals surface area (Å²) in [6, 6.07) is 0. The van der Waals surface area contributed by atoms with E-state index < -0.39 is 6.23 Å². The standard InChI is InChI=1S/C11H15NO/c1-12-11(13)9-10-7-5-3-2-4-6-8-10/h2-8,11-13H,9H2,1H3/b3-2-,4-2?,5-3?,6-4-,7-5?,8-6?,10-7?,10-8?. The van der Waals surface area contributed by atoms with E-state index in [2.05, 4.69) is 5.32 Å². The van der Waals surface area contributed by atoms with Crippen LogP contribution in [0.5, 0.6) is 0 Å². The Hall–Kier alpha value is -1.12. The molecule has 0 saturated heterocycles. The van der Waals surface area contributed by atoms with E-state index in [-0.39, 0.29) is 0 Å². The van der Waals surface area contributed by atoms with E-state index in [0.29, 0.717) is 6.42 Å². The summed E-state index contributed by atoms with van der Waals surface area (Å²) < 4.78 is 0. The fourth-order valence-electron chi connectivity index (χ4n) is 1.07. The summed E-state index contributed by atoms with van der Waals surface area (Å²) in [5.74, 6) is 0. The van der Waals surface area contributed by atoms with Crippen LogP contribution in [0.1, 0.15) is 6.42 Å². The van der Waals surface area contributed by atoms with Crippen molar-refractivity contribution in [1.82, 2.24) is 5.32 Å². The van der Waals surface area contributed by atoms with Crippen molar-refractivity contribution in [2.75, 3.05) is 7.05 Å². The third-order valence-corrected chi connectivity index (χ3v) is 1.83. The van der Waals surface area contributed by atoms with Crippen molar-refractivity contribution in [2.45, 2.75) is 12.6 Å². The van der Waals surface area contributed by atoms with Crippen LogP contribution in [0.4, 0.5) is 0 Å². The zero-order valence-electron chi connectivity index (χ0n) is 7.77. The Labute approximate surface area is 79.0 Å². The summed E-state index contributed by atoms with van der Waals surface area (Å²) in [6.45, 7) is 0. The van der Waals surface area contributed by atoms with Crippen LogP contribution in [-0.4, -0.2) is 18.4 Å². The fourth-order valence-corrected chi connectivity index (χ4v) is 1.07. The zero-order valence-corrected chi connectivity index (χ0v) is 7.77. The fraction of sp³-hybridized carbons (Fsp3) is 0.273. The summed E-state index contributed by atoms with van der Waals surface area (Å²) in [5, 5.41) is 12.1. The lowest BCUT2D eigenvalue weighted by atomic mass is 10.1. The SMILES string of the molecule is CNC(O)CC1=C/C=C\C=C/C=C1. The third-order valence-electron chi connectivity index (χ3n) is 1.83. The molecule has 70 valence electrons. The molecule has 2 N–H and O–H groups in total. The van der Waals surface area contributed by atoms with Gasteiger partial charge in [0.25, 0.3) is 0 Å². The number of nitrogens with one attached hydrogen (secondary N) is 1. The first-order valence-corrected chi connectivity index (χ1v) is 4.39. The number of rotatable bonds is 3. The van der Waals surface area contributed by atoms with Crippen molar-refractivity contribution in [3.8, 4) is 0 Å². The van der Waals surface area contributed by atoms with Crippen LogP contribution in [0.15, 0.2) is 48.1 Å². The van der Waals surface area contributed by atoms with Crippen LogP contribution in [-0.2, 0) is 0 Å². The Morgan fingerprint density at radius 1 is 1.23 bits per heavy atom. The minimum Gasteiger partial charge on any atom is -0.378 e. The highest BCUT2D eigenvalue weighted by atomic mass is 16.3. The molecule has 1 unspecified atom stereocenters. The highest BCUT2D eigenvalue weighted by molar-refractivity contribution is 5.31. The van der Waals surface area contributed by atoms with Crippen molar-refractivity contribution in [3.05, 3.63) is 48.1 Å². The molecular formula is C11H15NO. The second kappa shape index (κ2) is 5.51. The second-order valence-corrected chi connectivity index (χ2v) is 2.88. The molecule has 0 heterocycles. The third kappa shape index (κ3) is 3.87. The van der Waals surface area contributed by atoms with Gasteiger partial charge in [-0.1, -0.05) is 42.5 Å². The molecule has 1 atom stereocenters. The Bertz CT molecular complexity index is 261. The van der Waals surface area contributed by atoms with Gasteiger partial charge in [0.2, 0.25) is 0 Å². The molecule has 0 aromatic rings. The van der Waals surface area contributed by atoms with Crippen molar-refractivity contribution in [1.29, 1.82) is 0 Å². The van der Waals surface area contributed by atoms with Gasteiger partial charge in [0.1, 0.15) is 6.23 Å². The highest BCUT2D eigenvalue weighted by Gasteiger charge is 2.01. The number of aliphatic hydroxyl groups excluding tert-OH is 1. The van der Waals surface area contributed by atoms with E-state index in [1.54, 1.807) is 7.05 Å². The summed E-state index contributed by atoms with van der Waals surface area (Å²) in [7, 11) is 1.74. The minimum atomic E-state index is -0.465. The van der Waals surface area contributed by atoms with Gasteiger partial charge in [-0.05, 0) is 12.6 Å². The molecule has 0 aliphatic heterocycles. The average molecular weight is 177 g/mol. The Balaban J connectivity index is 2.57. The maximum atomic E-state index is 9.34. The van der Waals surface area contributed by atoms with E-state index in [1.807, 2.05) is 42.5 Å². The maximum Gasteiger partial charge on any atom is 0.108 e. The van der Waals surface area contributed by atoms with E-state index in [0.717, 1.165) is 5.57 Å². The molecule has 0 spiro atoms. The lowest BCUT2D eigenvalue weighted by molar-refractivity contribution is 0.148. The van der Waals surface area contributed by atoms with Crippen LogP contribution >= 0.6 is 0 Å². The van der Waals surface area contributed by atoms with Gasteiger partial charge >= 0.3 is 0 Å². The van der Waals surface area contributed by atoms with Crippen LogP contribution in [0.3, 0.4) is 0 Å². The van der Waals surface area contributed by atoms with Crippen LogP contribution in [0, 0.1) is 0 Å². The molecule has 0 saturated carbocycles. The highest BCUT2D eigenvalue weighted by Crippen LogP contribution is 2.07. The molecule has 0 radical (unpaired) electrons. The van der Waals surface area contributed by atoms with Gasteiger partial charge in [0.05, 0.1) is 0 Å². The first-order chi connectivity index (χ1) is 6.33. The molecule has 0 fully saturated rings. The molecule has 0 amide bonds. The van der Waals surface area contributed by atoms with Gasteiger partial charge in [0.15, 0.2) is 0 Å². The van der Waals surface area contributed by atoms with Crippen molar-refractivity contribution < 1.29 is 5.11 Å². The van der Waals surface area contributed by atoms with Gasteiger partial charge in [0, 0.05) is 6.42 Å². The predicted molar refractivity (Wildman–Crippen MR) is 55.2 cm³/mol. The number of aliphatic hydroxyl groups is 1. The number of hydrogen-bond donors (Lipinski definition) is 2. The molecular weight excluding hydrogens is 162 g/mol. The maximum absolute atomic E-state index is 9.34. The van der Waals surface area contributed by atoms with Gasteiger partial charge in [-0.2, -0.15) is 0 Å². The smallest absolute Gasteiger partial charge is 0.108 e. The summed E-state index contributed by atoms with van der Waals surface area (Å²) >= 11 is 0. The van der Waals surface area contributed by atoms with Gasteiger partial charge < -0.3 is 5.11 Å². The summed E-state index contributed by atoms with van der Waals surface area (Å²) in [4.78, 5) is 0. The zero-order chi connectivity index (χ0) is 9.52. The molecule has 1 aliphatic rings. The average Bonchev–Trinajstić information content (AvgIpc) is 2.09. The molecule has 2 heteroatoms. The topological polar surface area (TPSA) is 32.3 Å². The molecule has 2 nitrogen and oxygen atoms in total. The van der Waals surface area contributed by atoms with Gasteiger partial charge in [-0.15, -0.1) is 0 Å². The number of hydrogen-bond acceptors (Lipinski definition) is 2. The lowest BCUT2D eigenvalue weighted by Gasteiger charge is -2.09. The largest absolute Gasteiger partial charge is 0.378 e. The Morgan fingerprint density at radius 3 is 2.69 bits per heavy atom. The number of allylic oxidation sites excluding steroid dienone is 7. The lowest BCUT2D eigenvalue weighted by Crippen LogP contribution is -2.24. The van der Waals surface area contributed by atoms with Crippen molar-refractivity contribution in [3.63, 3.8) is 0 Å². The van der Waals surface area contributed by atoms with E-state index >= 15 is 0 Å². The molecule has 13 heavy (non-hydrogen) atoms. The molecule has 1 rings (SSSR count). The summed E-state index contributed by atoms with van der Waals surface area (Å²) in [6.07, 6.45) is 14.0. The van der Waals surface area contributed by atoms with Crippen LogP contribution < -0.4 is 5.32 Å². The molecule has 1 aliphatic carbocycles. The molecule has 0 aromatic heterocycles. The Kier molecular flexibility index (Phi) is 4.23. The molecule has 0 bridgehead atoms.